The van der Waals surface area contributed by atoms with Crippen LogP contribution in [0.25, 0.3) is 17.0 Å². The van der Waals surface area contributed by atoms with Crippen molar-refractivity contribution in [3.63, 3.8) is 0 Å². The van der Waals surface area contributed by atoms with E-state index in [2.05, 4.69) is 15.3 Å². The Morgan fingerprint density at radius 2 is 1.79 bits per heavy atom. The standard InChI is InChI=1S/C20H17N5O3S/c21-29(27,28)17-8-2-14(3-9-17)12-19(26)23-16-6-4-15(5-7-16)18-13-25-11-1-10-22-20(25)24-18/h1-11,13H,12H2,(H,23,26)(H2,21,27,28). The summed E-state index contributed by atoms with van der Waals surface area (Å²) in [5, 5.41) is 7.89. The SMILES string of the molecule is NS(=O)(=O)c1ccc(CC(=O)Nc2ccc(-c3cn4cccnc4n3)cc2)cc1. The number of imidazole rings is 1. The number of hydrogen-bond donors (Lipinski definition) is 2. The Bertz CT molecular complexity index is 1250. The second-order valence-electron chi connectivity index (χ2n) is 6.44. The summed E-state index contributed by atoms with van der Waals surface area (Å²) in [6.07, 6.45) is 5.57. The highest BCUT2D eigenvalue weighted by Gasteiger charge is 2.10. The van der Waals surface area contributed by atoms with Crippen molar-refractivity contribution in [3.8, 4) is 11.3 Å². The van der Waals surface area contributed by atoms with Crippen LogP contribution in [0, 0.1) is 0 Å². The van der Waals surface area contributed by atoms with E-state index in [4.69, 9.17) is 5.14 Å². The summed E-state index contributed by atoms with van der Waals surface area (Å²) >= 11 is 0. The average molecular weight is 407 g/mol. The van der Waals surface area contributed by atoms with Crippen LogP contribution < -0.4 is 10.5 Å². The van der Waals surface area contributed by atoms with E-state index in [9.17, 15) is 13.2 Å². The Morgan fingerprint density at radius 3 is 2.45 bits per heavy atom. The summed E-state index contributed by atoms with van der Waals surface area (Å²) in [4.78, 5) is 20.9. The number of amides is 1. The zero-order chi connectivity index (χ0) is 20.4. The summed E-state index contributed by atoms with van der Waals surface area (Å²) < 4.78 is 24.4. The molecule has 3 N–H and O–H groups in total. The van der Waals surface area contributed by atoms with Crippen molar-refractivity contribution in [2.45, 2.75) is 11.3 Å². The molecule has 2 heterocycles. The van der Waals surface area contributed by atoms with E-state index < -0.39 is 10.0 Å². The van der Waals surface area contributed by atoms with Crippen LogP contribution in [0.3, 0.4) is 0 Å². The minimum atomic E-state index is -3.74. The van der Waals surface area contributed by atoms with Gasteiger partial charge in [-0.1, -0.05) is 24.3 Å². The highest BCUT2D eigenvalue weighted by atomic mass is 32.2. The number of aromatic nitrogens is 3. The Hall–Kier alpha value is -3.56. The number of nitrogens with one attached hydrogen (secondary N) is 1. The lowest BCUT2D eigenvalue weighted by Gasteiger charge is -2.07. The molecule has 0 aliphatic rings. The number of nitrogens with zero attached hydrogens (tertiary/aromatic N) is 3. The molecule has 0 radical (unpaired) electrons. The van der Waals surface area contributed by atoms with E-state index >= 15 is 0 Å². The summed E-state index contributed by atoms with van der Waals surface area (Å²) in [6.45, 7) is 0. The Kier molecular flexibility index (Phi) is 4.83. The number of benzene rings is 2. The van der Waals surface area contributed by atoms with Crippen molar-refractivity contribution in [2.24, 2.45) is 5.14 Å². The first-order chi connectivity index (χ1) is 13.9. The smallest absolute Gasteiger partial charge is 0.238 e. The molecule has 0 aliphatic carbocycles. The molecule has 1 amide bonds. The molecule has 2 aromatic heterocycles. The topological polar surface area (TPSA) is 119 Å². The van der Waals surface area contributed by atoms with E-state index in [1.807, 2.05) is 35.0 Å². The number of sulfonamides is 1. The first kappa shape index (κ1) is 18.8. The molecule has 0 atom stereocenters. The molecule has 4 aromatic rings. The van der Waals surface area contributed by atoms with Gasteiger partial charge in [-0.3, -0.25) is 9.20 Å². The van der Waals surface area contributed by atoms with Crippen LogP contribution >= 0.6 is 0 Å². The molecule has 0 unspecified atom stereocenters. The molecule has 4 rings (SSSR count). The fourth-order valence-electron chi connectivity index (χ4n) is 2.88. The van der Waals surface area contributed by atoms with Crippen molar-refractivity contribution < 1.29 is 13.2 Å². The zero-order valence-electron chi connectivity index (χ0n) is 15.2. The normalized spacial score (nSPS) is 11.5. The van der Waals surface area contributed by atoms with Crippen molar-refractivity contribution >= 4 is 27.4 Å². The number of primary sulfonamides is 1. The molecular formula is C20H17N5O3S. The maximum atomic E-state index is 12.3. The Morgan fingerprint density at radius 1 is 1.07 bits per heavy atom. The number of rotatable bonds is 5. The lowest BCUT2D eigenvalue weighted by Crippen LogP contribution is -2.15. The molecular weight excluding hydrogens is 390 g/mol. The van der Waals surface area contributed by atoms with E-state index in [0.717, 1.165) is 11.3 Å². The van der Waals surface area contributed by atoms with Crippen LogP contribution in [0.5, 0.6) is 0 Å². The van der Waals surface area contributed by atoms with Crippen LogP contribution in [0.1, 0.15) is 5.56 Å². The molecule has 0 aliphatic heterocycles. The molecule has 0 bridgehead atoms. The fraction of sp³-hybridized carbons (Fsp3) is 0.0500. The molecule has 0 saturated heterocycles. The van der Waals surface area contributed by atoms with Gasteiger partial charge >= 0.3 is 0 Å². The fourth-order valence-corrected chi connectivity index (χ4v) is 3.40. The molecule has 8 nitrogen and oxygen atoms in total. The van der Waals surface area contributed by atoms with Gasteiger partial charge in [0.25, 0.3) is 0 Å². The van der Waals surface area contributed by atoms with Gasteiger partial charge in [-0.05, 0) is 35.9 Å². The minimum absolute atomic E-state index is 0.0133. The van der Waals surface area contributed by atoms with Gasteiger partial charge in [-0.25, -0.2) is 23.5 Å². The maximum Gasteiger partial charge on any atom is 0.238 e. The number of carbonyl (C=O) groups excluding carboxylic acids is 1. The van der Waals surface area contributed by atoms with E-state index in [1.54, 1.807) is 30.5 Å². The Labute approximate surface area is 167 Å². The van der Waals surface area contributed by atoms with Crippen LogP contribution in [0.15, 0.2) is 78.1 Å². The quantitative estimate of drug-likeness (QED) is 0.526. The van der Waals surface area contributed by atoms with Crippen molar-refractivity contribution in [3.05, 3.63) is 78.8 Å². The first-order valence-electron chi connectivity index (χ1n) is 8.70. The van der Waals surface area contributed by atoms with E-state index in [-0.39, 0.29) is 17.2 Å². The summed E-state index contributed by atoms with van der Waals surface area (Å²) in [5.41, 5.74) is 3.04. The molecule has 9 heteroatoms. The van der Waals surface area contributed by atoms with Gasteiger partial charge in [0, 0.05) is 29.8 Å². The van der Waals surface area contributed by atoms with Gasteiger partial charge in [-0.15, -0.1) is 0 Å². The summed E-state index contributed by atoms with van der Waals surface area (Å²) in [6, 6.07) is 15.1. The van der Waals surface area contributed by atoms with Crippen LogP contribution in [-0.2, 0) is 21.2 Å². The van der Waals surface area contributed by atoms with E-state index in [0.29, 0.717) is 17.0 Å². The van der Waals surface area contributed by atoms with Crippen LogP contribution in [-0.4, -0.2) is 28.7 Å². The lowest BCUT2D eigenvalue weighted by molar-refractivity contribution is -0.115. The van der Waals surface area contributed by atoms with Gasteiger partial charge in [-0.2, -0.15) is 0 Å². The molecule has 0 spiro atoms. The maximum absolute atomic E-state index is 12.3. The minimum Gasteiger partial charge on any atom is -0.326 e. The third-order valence-corrected chi connectivity index (χ3v) is 5.25. The number of hydrogen-bond acceptors (Lipinski definition) is 5. The van der Waals surface area contributed by atoms with Crippen LogP contribution in [0.4, 0.5) is 5.69 Å². The molecule has 0 saturated carbocycles. The zero-order valence-corrected chi connectivity index (χ0v) is 16.0. The van der Waals surface area contributed by atoms with Crippen molar-refractivity contribution in [1.82, 2.24) is 14.4 Å². The predicted octanol–water partition coefficient (Wildman–Crippen LogP) is 2.22. The van der Waals surface area contributed by atoms with Gasteiger partial charge in [0.15, 0.2) is 0 Å². The summed E-state index contributed by atoms with van der Waals surface area (Å²) in [7, 11) is -3.74. The molecule has 146 valence electrons. The van der Waals surface area contributed by atoms with E-state index in [1.165, 1.54) is 12.1 Å². The van der Waals surface area contributed by atoms with Gasteiger partial charge in [0.1, 0.15) is 0 Å². The van der Waals surface area contributed by atoms with Crippen LogP contribution in [0.2, 0.25) is 0 Å². The monoisotopic (exact) mass is 407 g/mol. The third-order valence-electron chi connectivity index (χ3n) is 4.32. The highest BCUT2D eigenvalue weighted by molar-refractivity contribution is 7.89. The summed E-state index contributed by atoms with van der Waals surface area (Å²) in [5.74, 6) is 0.409. The number of fused-ring (bicyclic) bond motifs is 1. The van der Waals surface area contributed by atoms with Crippen molar-refractivity contribution in [1.29, 1.82) is 0 Å². The van der Waals surface area contributed by atoms with Gasteiger partial charge in [0.2, 0.25) is 21.7 Å². The second kappa shape index (κ2) is 7.46. The third kappa shape index (κ3) is 4.31. The predicted molar refractivity (Wildman–Crippen MR) is 109 cm³/mol. The largest absolute Gasteiger partial charge is 0.326 e. The number of carbonyl (C=O) groups is 1. The number of nitrogens with two attached hydrogens (primary N) is 1. The molecule has 0 fully saturated rings. The number of anilines is 1. The van der Waals surface area contributed by atoms with Gasteiger partial charge < -0.3 is 5.32 Å². The molecule has 29 heavy (non-hydrogen) atoms. The average Bonchev–Trinajstić information content (AvgIpc) is 3.12. The first-order valence-corrected chi connectivity index (χ1v) is 10.2. The van der Waals surface area contributed by atoms with Crippen molar-refractivity contribution in [2.75, 3.05) is 5.32 Å². The Balaban J connectivity index is 1.42. The molecule has 2 aromatic carbocycles. The second-order valence-corrected chi connectivity index (χ2v) is 8.01. The highest BCUT2D eigenvalue weighted by Crippen LogP contribution is 2.21. The lowest BCUT2D eigenvalue weighted by atomic mass is 10.1. The van der Waals surface area contributed by atoms with Gasteiger partial charge in [0.05, 0.1) is 17.0 Å².